The molecular weight excluding hydrogens is 302 g/mol. The van der Waals surface area contributed by atoms with E-state index in [4.69, 9.17) is 9.15 Å². The fourth-order valence-corrected chi connectivity index (χ4v) is 3.43. The highest BCUT2D eigenvalue weighted by atomic mass is 16.5. The highest BCUT2D eigenvalue weighted by Gasteiger charge is 2.28. The molecule has 0 saturated carbocycles. The van der Waals surface area contributed by atoms with Crippen LogP contribution in [0, 0.1) is 6.92 Å². The minimum atomic E-state index is -0.309. The molecule has 0 amide bonds. The molecule has 0 saturated heterocycles. The largest absolute Gasteiger partial charge is 0.445 e. The van der Waals surface area contributed by atoms with E-state index >= 15 is 0 Å². The highest BCUT2D eigenvalue weighted by Crippen LogP contribution is 2.30. The second-order valence-electron chi connectivity index (χ2n) is 6.42. The minimum Gasteiger partial charge on any atom is -0.445 e. The van der Waals surface area contributed by atoms with E-state index in [2.05, 4.69) is 31.2 Å². The van der Waals surface area contributed by atoms with Crippen molar-refractivity contribution in [2.24, 2.45) is 0 Å². The van der Waals surface area contributed by atoms with Gasteiger partial charge in [-0.3, -0.25) is 4.90 Å². The van der Waals surface area contributed by atoms with Crippen LogP contribution in [0.2, 0.25) is 0 Å². The number of quaternary nitrogens is 1. The third-order valence-corrected chi connectivity index (χ3v) is 4.91. The van der Waals surface area contributed by atoms with Crippen molar-refractivity contribution in [2.75, 3.05) is 6.73 Å². The summed E-state index contributed by atoms with van der Waals surface area (Å²) < 4.78 is 11.5. The van der Waals surface area contributed by atoms with Crippen LogP contribution in [-0.4, -0.2) is 6.73 Å². The normalized spacial score (nSPS) is 18.0. The number of rotatable bonds is 2. The van der Waals surface area contributed by atoms with Gasteiger partial charge in [-0.1, -0.05) is 30.3 Å². The zero-order chi connectivity index (χ0) is 16.7. The number of ether oxygens (including phenoxy) is 1. The Bertz CT molecular complexity index is 946. The van der Waals surface area contributed by atoms with Crippen LogP contribution in [0.1, 0.15) is 29.7 Å². The van der Waals surface area contributed by atoms with Crippen molar-refractivity contribution >= 4 is 11.0 Å². The van der Waals surface area contributed by atoms with E-state index in [1.807, 2.05) is 25.1 Å². The van der Waals surface area contributed by atoms with Crippen LogP contribution in [0.15, 0.2) is 57.7 Å². The molecule has 2 aromatic carbocycles. The molecule has 1 N–H and O–H groups in total. The number of fused-ring (bicyclic) bond motifs is 3. The molecule has 1 aromatic heterocycles. The standard InChI is InChI=1S/C20H19NO3/c1-13-10-19(22)24-20-16(13)8-9-18-17(20)11-21(12-23-18)14(2)15-6-4-3-5-7-15/h3-10,14H,11-12H2,1-2H3/p+1/t14-/m1/s1. The van der Waals surface area contributed by atoms with E-state index in [1.165, 1.54) is 16.5 Å². The van der Waals surface area contributed by atoms with Crippen LogP contribution in [0.4, 0.5) is 0 Å². The molecule has 4 nitrogen and oxygen atoms in total. The number of hydrogen-bond donors (Lipinski definition) is 1. The van der Waals surface area contributed by atoms with Crippen molar-refractivity contribution in [1.29, 1.82) is 0 Å². The van der Waals surface area contributed by atoms with Crippen molar-refractivity contribution in [3.05, 3.63) is 75.6 Å². The first-order chi connectivity index (χ1) is 11.6. The predicted octanol–water partition coefficient (Wildman–Crippen LogP) is 2.60. The van der Waals surface area contributed by atoms with Crippen molar-refractivity contribution < 1.29 is 14.1 Å². The molecule has 0 aliphatic carbocycles. The molecule has 0 radical (unpaired) electrons. The molecule has 2 atom stereocenters. The molecule has 3 aromatic rings. The van der Waals surface area contributed by atoms with E-state index in [0.29, 0.717) is 18.4 Å². The Hall–Kier alpha value is -2.59. The summed E-state index contributed by atoms with van der Waals surface area (Å²) in [6.45, 7) is 5.51. The molecule has 122 valence electrons. The van der Waals surface area contributed by atoms with Crippen LogP contribution >= 0.6 is 0 Å². The van der Waals surface area contributed by atoms with Gasteiger partial charge in [0.05, 0.1) is 5.56 Å². The van der Waals surface area contributed by atoms with Gasteiger partial charge in [-0.2, -0.15) is 0 Å². The van der Waals surface area contributed by atoms with Gasteiger partial charge < -0.3 is 9.15 Å². The Morgan fingerprint density at radius 2 is 1.92 bits per heavy atom. The Balaban J connectivity index is 1.76. The second kappa shape index (κ2) is 5.80. The molecule has 24 heavy (non-hydrogen) atoms. The van der Waals surface area contributed by atoms with Gasteiger partial charge in [0.2, 0.25) is 6.73 Å². The Morgan fingerprint density at radius 1 is 1.12 bits per heavy atom. The summed E-state index contributed by atoms with van der Waals surface area (Å²) in [6, 6.07) is 16.2. The molecule has 4 heteroatoms. The first-order valence-electron chi connectivity index (χ1n) is 8.22. The summed E-state index contributed by atoms with van der Waals surface area (Å²) in [4.78, 5) is 13.1. The van der Waals surface area contributed by atoms with Gasteiger partial charge in [0.25, 0.3) is 0 Å². The third-order valence-electron chi connectivity index (χ3n) is 4.91. The summed E-state index contributed by atoms with van der Waals surface area (Å²) >= 11 is 0. The smallest absolute Gasteiger partial charge is 0.336 e. The van der Waals surface area contributed by atoms with E-state index < -0.39 is 0 Å². The van der Waals surface area contributed by atoms with Crippen LogP contribution in [0.5, 0.6) is 5.75 Å². The van der Waals surface area contributed by atoms with Gasteiger partial charge in [-0.05, 0) is 31.5 Å². The molecule has 0 spiro atoms. The summed E-state index contributed by atoms with van der Waals surface area (Å²) in [5.41, 5.74) is 3.55. The third kappa shape index (κ3) is 2.49. The zero-order valence-electron chi connectivity index (χ0n) is 13.8. The van der Waals surface area contributed by atoms with Gasteiger partial charge in [0, 0.05) is 17.0 Å². The number of aryl methyl sites for hydroxylation is 1. The predicted molar refractivity (Wildman–Crippen MR) is 92.2 cm³/mol. The quantitative estimate of drug-likeness (QED) is 0.738. The maximum atomic E-state index is 11.8. The summed E-state index contributed by atoms with van der Waals surface area (Å²) in [6.07, 6.45) is 0. The summed E-state index contributed by atoms with van der Waals surface area (Å²) in [5.74, 6) is 0.820. The van der Waals surface area contributed by atoms with E-state index in [0.717, 1.165) is 28.8 Å². The SMILES string of the molecule is Cc1cc(=O)oc2c3c(ccc12)OC[NH+]([C@H](C)c1ccccc1)C3. The zero-order valence-corrected chi connectivity index (χ0v) is 13.8. The second-order valence-corrected chi connectivity index (χ2v) is 6.42. The van der Waals surface area contributed by atoms with Crippen molar-refractivity contribution in [3.63, 3.8) is 0 Å². The average molecular weight is 322 g/mol. The lowest BCUT2D eigenvalue weighted by molar-refractivity contribution is -0.960. The van der Waals surface area contributed by atoms with E-state index in [9.17, 15) is 4.79 Å². The Morgan fingerprint density at radius 3 is 2.71 bits per heavy atom. The summed E-state index contributed by atoms with van der Waals surface area (Å²) in [5, 5.41) is 0.977. The lowest BCUT2D eigenvalue weighted by Crippen LogP contribution is -3.12. The fraction of sp³-hybridized carbons (Fsp3) is 0.250. The molecule has 2 heterocycles. The lowest BCUT2D eigenvalue weighted by atomic mass is 10.0. The van der Waals surface area contributed by atoms with E-state index in [1.54, 1.807) is 0 Å². The van der Waals surface area contributed by atoms with Gasteiger partial charge >= 0.3 is 5.63 Å². The van der Waals surface area contributed by atoms with Gasteiger partial charge in [0.15, 0.2) is 5.58 Å². The molecule has 4 rings (SSSR count). The molecule has 1 aliphatic heterocycles. The lowest BCUT2D eigenvalue weighted by Gasteiger charge is -2.31. The number of nitrogens with one attached hydrogen (secondary N) is 1. The molecular formula is C20H20NO3+. The first kappa shape index (κ1) is 15.0. The van der Waals surface area contributed by atoms with Crippen molar-refractivity contribution in [2.45, 2.75) is 26.4 Å². The van der Waals surface area contributed by atoms with Crippen molar-refractivity contribution in [1.82, 2.24) is 0 Å². The minimum absolute atomic E-state index is 0.297. The fourth-order valence-electron chi connectivity index (χ4n) is 3.43. The van der Waals surface area contributed by atoms with Crippen LogP contribution in [0.3, 0.4) is 0 Å². The topological polar surface area (TPSA) is 43.9 Å². The number of hydrogen-bond acceptors (Lipinski definition) is 3. The molecule has 1 aliphatic rings. The van der Waals surface area contributed by atoms with Gasteiger partial charge in [0.1, 0.15) is 18.3 Å². The Kier molecular flexibility index (Phi) is 3.62. The van der Waals surface area contributed by atoms with Crippen LogP contribution < -0.4 is 15.3 Å². The number of benzene rings is 2. The molecule has 1 unspecified atom stereocenters. The highest BCUT2D eigenvalue weighted by molar-refractivity contribution is 5.84. The maximum absolute atomic E-state index is 11.8. The average Bonchev–Trinajstić information content (AvgIpc) is 2.61. The van der Waals surface area contributed by atoms with Gasteiger partial charge in [-0.25, -0.2) is 4.79 Å². The van der Waals surface area contributed by atoms with Gasteiger partial charge in [-0.15, -0.1) is 0 Å². The van der Waals surface area contributed by atoms with Crippen LogP contribution in [-0.2, 0) is 6.54 Å². The van der Waals surface area contributed by atoms with Crippen LogP contribution in [0.25, 0.3) is 11.0 Å². The Labute approximate surface area is 140 Å². The van der Waals surface area contributed by atoms with Crippen molar-refractivity contribution in [3.8, 4) is 5.75 Å². The molecule has 0 bridgehead atoms. The first-order valence-corrected chi connectivity index (χ1v) is 8.22. The van der Waals surface area contributed by atoms with E-state index in [-0.39, 0.29) is 5.63 Å². The maximum Gasteiger partial charge on any atom is 0.336 e. The monoisotopic (exact) mass is 322 g/mol. The molecule has 0 fully saturated rings. The summed E-state index contributed by atoms with van der Waals surface area (Å²) in [7, 11) is 0.